The molecule has 0 fully saturated rings. The van der Waals surface area contributed by atoms with Crippen LogP contribution in [0.25, 0.3) is 0 Å². The second-order valence-corrected chi connectivity index (χ2v) is 9.46. The predicted octanol–water partition coefficient (Wildman–Crippen LogP) is -2.22. The Balaban J connectivity index is 0.000000886. The normalized spacial score (nSPS) is 32.7. The number of phenolic OH excluding ortho intramolecular Hbond substituents is 1. The number of ketones is 2. The number of hydrogen-bond acceptors (Lipinski definition) is 11. The van der Waals surface area contributed by atoms with Crippen molar-refractivity contribution < 1.29 is 49.8 Å². The van der Waals surface area contributed by atoms with Crippen molar-refractivity contribution in [3.63, 3.8) is 0 Å². The summed E-state index contributed by atoms with van der Waals surface area (Å²) in [6, 6.07) is 1.70. The third-order valence-electron chi connectivity index (χ3n) is 7.04. The molecule has 4 rings (SSSR count). The number of Topliss-reactive ketones (excluding diaryl/α,β-unsaturated/α-hetero) is 2. The summed E-state index contributed by atoms with van der Waals surface area (Å²) in [5.74, 6) is -9.66. The van der Waals surface area contributed by atoms with Crippen molar-refractivity contribution >= 4 is 23.5 Å². The molecule has 0 radical (unpaired) electrons. The summed E-state index contributed by atoms with van der Waals surface area (Å²) in [7, 11) is 2.85. The number of phenols is 1. The molecule has 0 aliphatic heterocycles. The van der Waals surface area contributed by atoms with Gasteiger partial charge in [0.2, 0.25) is 5.78 Å². The first kappa shape index (κ1) is 27.6. The molecule has 3 amide bonds. The largest absolute Gasteiger partial charge is 0.510 e. The molecule has 1 aromatic rings. The molecule has 0 aromatic heterocycles. The quantitative estimate of drug-likeness (QED) is 0.188. The van der Waals surface area contributed by atoms with Crippen LogP contribution < -0.4 is 17.2 Å². The Morgan fingerprint density at radius 3 is 2.05 bits per heavy atom. The van der Waals surface area contributed by atoms with Crippen molar-refractivity contribution in [2.24, 2.45) is 29.0 Å². The number of fused-ring (bicyclic) bond motifs is 3. The number of aliphatic hydroxyl groups is 5. The first-order valence-electron chi connectivity index (χ1n) is 10.9. The molecule has 0 unspecified atom stereocenters. The summed E-state index contributed by atoms with van der Waals surface area (Å²) < 4.78 is 0. The number of hydrogen-bond donors (Lipinski definition) is 9. The van der Waals surface area contributed by atoms with Gasteiger partial charge in [-0.05, 0) is 32.6 Å². The van der Waals surface area contributed by atoms with E-state index >= 15 is 0 Å². The zero-order valence-electron chi connectivity index (χ0n) is 20.0. The molecule has 14 heteroatoms. The Morgan fingerprint density at radius 2 is 1.57 bits per heavy atom. The zero-order chi connectivity index (χ0) is 28.4. The lowest BCUT2D eigenvalue weighted by Gasteiger charge is -2.55. The van der Waals surface area contributed by atoms with Crippen LogP contribution in [0.5, 0.6) is 5.75 Å². The van der Waals surface area contributed by atoms with Crippen LogP contribution in [-0.2, 0) is 15.2 Å². The number of nitrogens with two attached hydrogens (primary N) is 3. The van der Waals surface area contributed by atoms with Gasteiger partial charge in [0.1, 0.15) is 22.8 Å². The third kappa shape index (κ3) is 3.72. The van der Waals surface area contributed by atoms with Gasteiger partial charge in [0.15, 0.2) is 11.4 Å². The molecule has 0 heterocycles. The summed E-state index contributed by atoms with van der Waals surface area (Å²) in [6.45, 7) is 1.25. The number of aliphatic hydroxyl groups excluding tert-OH is 3. The maximum atomic E-state index is 13.3. The number of nitrogens with zero attached hydrogens (tertiary/aromatic N) is 1. The van der Waals surface area contributed by atoms with E-state index in [1.165, 1.54) is 44.1 Å². The lowest BCUT2D eigenvalue weighted by atomic mass is 9.54. The lowest BCUT2D eigenvalue weighted by molar-refractivity contribution is -0.173. The number of benzene rings is 1. The first-order valence-corrected chi connectivity index (χ1v) is 10.9. The van der Waals surface area contributed by atoms with Gasteiger partial charge in [0, 0.05) is 0 Å². The Labute approximate surface area is 209 Å². The van der Waals surface area contributed by atoms with Crippen molar-refractivity contribution in [3.8, 4) is 5.75 Å². The van der Waals surface area contributed by atoms with Gasteiger partial charge < -0.3 is 47.8 Å². The number of carbonyl (C=O) groups excluding carboxylic acids is 4. The van der Waals surface area contributed by atoms with Crippen molar-refractivity contribution in [3.05, 3.63) is 52.0 Å². The molecule has 0 spiro atoms. The summed E-state index contributed by atoms with van der Waals surface area (Å²) in [4.78, 5) is 48.8. The maximum absolute atomic E-state index is 13.3. The van der Waals surface area contributed by atoms with Gasteiger partial charge >= 0.3 is 6.03 Å². The zero-order valence-corrected chi connectivity index (χ0v) is 20.0. The maximum Gasteiger partial charge on any atom is 0.309 e. The highest BCUT2D eigenvalue weighted by molar-refractivity contribution is 6.25. The van der Waals surface area contributed by atoms with E-state index in [-0.39, 0.29) is 11.1 Å². The second-order valence-electron chi connectivity index (χ2n) is 9.46. The minimum atomic E-state index is -3.02. The van der Waals surface area contributed by atoms with Crippen LogP contribution in [0, 0.1) is 11.8 Å². The van der Waals surface area contributed by atoms with Gasteiger partial charge in [-0.25, -0.2) is 4.79 Å². The average molecular weight is 520 g/mol. The van der Waals surface area contributed by atoms with Gasteiger partial charge in [-0.2, -0.15) is 0 Å². The molecule has 14 nitrogen and oxygen atoms in total. The lowest BCUT2D eigenvalue weighted by Crippen LogP contribution is -2.70. The third-order valence-corrected chi connectivity index (χ3v) is 7.04. The van der Waals surface area contributed by atoms with E-state index in [4.69, 9.17) is 10.5 Å². The van der Waals surface area contributed by atoms with E-state index in [0.29, 0.717) is 0 Å². The Hall–Kier alpha value is -3.98. The molecule has 0 bridgehead atoms. The second kappa shape index (κ2) is 8.85. The van der Waals surface area contributed by atoms with E-state index in [2.05, 4.69) is 11.5 Å². The molecule has 200 valence electrons. The summed E-state index contributed by atoms with van der Waals surface area (Å²) in [5, 5.41) is 66.5. The van der Waals surface area contributed by atoms with Crippen molar-refractivity contribution in [2.45, 2.75) is 30.3 Å². The van der Waals surface area contributed by atoms with E-state index < -0.39 is 87.1 Å². The fourth-order valence-electron chi connectivity index (χ4n) is 5.60. The number of carbonyl (C=O) groups is 4. The van der Waals surface area contributed by atoms with Crippen LogP contribution in [0.1, 0.15) is 22.8 Å². The van der Waals surface area contributed by atoms with Gasteiger partial charge in [-0.3, -0.25) is 19.3 Å². The Bertz CT molecular complexity index is 1280. The minimum absolute atomic E-state index is 0.0281. The highest BCUT2D eigenvalue weighted by Crippen LogP contribution is 2.56. The number of likely N-dealkylation sites (N-methyl/N-ethyl adjacent to an activating group) is 1. The summed E-state index contributed by atoms with van der Waals surface area (Å²) in [5.41, 5.74) is 6.62. The molecule has 12 N–H and O–H groups in total. The number of primary amides is 3. The molecule has 1 aromatic carbocycles. The van der Waals surface area contributed by atoms with Gasteiger partial charge in [-0.15, -0.1) is 0 Å². The van der Waals surface area contributed by atoms with Crippen molar-refractivity contribution in [1.82, 2.24) is 4.90 Å². The fourth-order valence-corrected chi connectivity index (χ4v) is 5.60. The van der Waals surface area contributed by atoms with Crippen LogP contribution in [-0.4, -0.2) is 90.9 Å². The number of amides is 3. The highest BCUT2D eigenvalue weighted by atomic mass is 16.4. The molecule has 0 saturated heterocycles. The number of aromatic hydroxyl groups is 1. The van der Waals surface area contributed by atoms with E-state index in [0.717, 1.165) is 0 Å². The topological polar surface area (TPSA) is 271 Å². The predicted molar refractivity (Wildman–Crippen MR) is 125 cm³/mol. The van der Waals surface area contributed by atoms with Crippen LogP contribution in [0.2, 0.25) is 0 Å². The fraction of sp³-hybridized carbons (Fsp3) is 0.391. The summed E-state index contributed by atoms with van der Waals surface area (Å²) >= 11 is 0. The van der Waals surface area contributed by atoms with Crippen LogP contribution in [0.3, 0.4) is 0 Å². The summed E-state index contributed by atoms with van der Waals surface area (Å²) in [6.07, 6.45) is -1.87. The van der Waals surface area contributed by atoms with Gasteiger partial charge in [-0.1, -0.05) is 12.1 Å². The average Bonchev–Trinajstić information content (AvgIpc) is 2.75. The molecule has 3 aliphatic carbocycles. The highest BCUT2D eigenvalue weighted by Gasteiger charge is 2.69. The number of rotatable bonds is 2. The molecular formula is C23H28N4O10. The van der Waals surface area contributed by atoms with E-state index in [9.17, 15) is 45.0 Å². The van der Waals surface area contributed by atoms with Crippen LogP contribution in [0.15, 0.2) is 40.9 Å². The smallest absolute Gasteiger partial charge is 0.309 e. The molecule has 6 atom stereocenters. The number of urea groups is 1. The molecule has 3 aliphatic rings. The SMILES string of the molecule is CN(C)[C@@H]1C(O)=C(C(N)=O)C(=O)[C@@]2(O)C(O)=C3C(=O)c4c(O)cccc4[C@@](C)(O)[C@H]3[C@H](O)[C@@H]12.NC(N)=O. The molecule has 37 heavy (non-hydrogen) atoms. The van der Waals surface area contributed by atoms with Crippen LogP contribution >= 0.6 is 0 Å². The Morgan fingerprint density at radius 1 is 1.03 bits per heavy atom. The minimum Gasteiger partial charge on any atom is -0.510 e. The van der Waals surface area contributed by atoms with Crippen molar-refractivity contribution in [2.75, 3.05) is 14.1 Å². The van der Waals surface area contributed by atoms with Crippen LogP contribution in [0.4, 0.5) is 4.79 Å². The standard InChI is InChI=1S/C22H24N2O9.CH4N2O/c1-21(32)7-5-4-6-8(25)9(7)15(26)10-12(21)17(28)13-14(24(2)3)16(27)11(20(23)31)19(30)22(13,33)18(10)29;2-1(3)4/h4-6,12-14,17,25,27-29,32-33H,1-3H3,(H2,23,31);(H4,2,3,4)/t12-,13-,14+,17+,21-,22+;/m1./s1. The van der Waals surface area contributed by atoms with E-state index in [1.807, 2.05) is 0 Å². The van der Waals surface area contributed by atoms with Crippen molar-refractivity contribution in [1.29, 1.82) is 0 Å². The monoisotopic (exact) mass is 520 g/mol. The Kier molecular flexibility index (Phi) is 6.60. The first-order chi connectivity index (χ1) is 16.9. The van der Waals surface area contributed by atoms with Gasteiger partial charge in [0.05, 0.1) is 40.7 Å². The molecular weight excluding hydrogens is 492 g/mol. The van der Waals surface area contributed by atoms with E-state index in [1.54, 1.807) is 0 Å². The molecule has 0 saturated carbocycles. The van der Waals surface area contributed by atoms with Gasteiger partial charge in [0.25, 0.3) is 5.91 Å².